The van der Waals surface area contributed by atoms with Gasteiger partial charge in [-0.15, -0.1) is 0 Å². The molecule has 0 amide bonds. The number of nitrogens with one attached hydrogen (secondary N) is 1. The minimum atomic E-state index is 0.433. The Morgan fingerprint density at radius 2 is 1.82 bits per heavy atom. The zero-order valence-electron chi connectivity index (χ0n) is 17.3. The number of methoxy groups -OCH3 is 1. The van der Waals surface area contributed by atoms with Crippen molar-refractivity contribution < 1.29 is 9.47 Å². The third kappa shape index (κ3) is 5.58. The van der Waals surface area contributed by atoms with Gasteiger partial charge < -0.3 is 14.8 Å². The lowest BCUT2D eigenvalue weighted by atomic mass is 10.0. The van der Waals surface area contributed by atoms with Crippen LogP contribution < -0.4 is 14.8 Å². The SMILES string of the molecule is CCCOc1cc(CN2CCC(Nc3ncc(CC)cn3)CC2)ccc1OC. The Morgan fingerprint density at radius 3 is 2.46 bits per heavy atom. The van der Waals surface area contributed by atoms with E-state index >= 15 is 0 Å². The standard InChI is InChI=1S/C22H32N4O2/c1-4-12-28-21-13-18(6-7-20(21)27-3)16-26-10-8-19(9-11-26)25-22-23-14-17(5-2)15-24-22/h6-7,13-15,19H,4-5,8-12,16H2,1-3H3,(H,23,24,25). The molecule has 0 spiro atoms. The smallest absolute Gasteiger partial charge is 0.222 e. The Labute approximate surface area is 168 Å². The van der Waals surface area contributed by atoms with Gasteiger partial charge in [0.25, 0.3) is 0 Å². The average molecular weight is 385 g/mol. The van der Waals surface area contributed by atoms with Gasteiger partial charge in [0.15, 0.2) is 11.5 Å². The maximum Gasteiger partial charge on any atom is 0.222 e. The van der Waals surface area contributed by atoms with Crippen LogP contribution in [0.5, 0.6) is 11.5 Å². The van der Waals surface area contributed by atoms with Crippen LogP contribution in [0.2, 0.25) is 0 Å². The van der Waals surface area contributed by atoms with E-state index in [1.54, 1.807) is 7.11 Å². The molecular weight excluding hydrogens is 352 g/mol. The largest absolute Gasteiger partial charge is 0.493 e. The van der Waals surface area contributed by atoms with Crippen LogP contribution in [0.4, 0.5) is 5.95 Å². The van der Waals surface area contributed by atoms with E-state index in [1.165, 1.54) is 11.1 Å². The van der Waals surface area contributed by atoms with Gasteiger partial charge in [0, 0.05) is 38.1 Å². The Morgan fingerprint density at radius 1 is 1.07 bits per heavy atom. The molecule has 0 unspecified atom stereocenters. The number of anilines is 1. The molecular formula is C22H32N4O2. The first-order chi connectivity index (χ1) is 13.7. The Kier molecular flexibility index (Phi) is 7.48. The van der Waals surface area contributed by atoms with Crippen molar-refractivity contribution in [3.8, 4) is 11.5 Å². The van der Waals surface area contributed by atoms with Crippen molar-refractivity contribution in [1.29, 1.82) is 0 Å². The number of aryl methyl sites for hydroxylation is 1. The summed E-state index contributed by atoms with van der Waals surface area (Å²) in [4.78, 5) is 11.3. The number of ether oxygens (including phenoxy) is 2. The molecule has 1 aliphatic heterocycles. The van der Waals surface area contributed by atoms with E-state index in [4.69, 9.17) is 9.47 Å². The van der Waals surface area contributed by atoms with Gasteiger partial charge in [-0.2, -0.15) is 0 Å². The first-order valence-corrected chi connectivity index (χ1v) is 10.3. The molecule has 1 saturated heterocycles. The molecule has 2 heterocycles. The van der Waals surface area contributed by atoms with E-state index in [9.17, 15) is 0 Å². The minimum absolute atomic E-state index is 0.433. The summed E-state index contributed by atoms with van der Waals surface area (Å²) in [5.74, 6) is 2.38. The van der Waals surface area contributed by atoms with Crippen LogP contribution in [0.15, 0.2) is 30.6 Å². The molecule has 3 rings (SSSR count). The van der Waals surface area contributed by atoms with Crippen molar-refractivity contribution >= 4 is 5.95 Å². The van der Waals surface area contributed by atoms with Gasteiger partial charge in [0.1, 0.15) is 0 Å². The monoisotopic (exact) mass is 384 g/mol. The quantitative estimate of drug-likeness (QED) is 0.707. The first-order valence-electron chi connectivity index (χ1n) is 10.3. The highest BCUT2D eigenvalue weighted by Crippen LogP contribution is 2.29. The predicted octanol–water partition coefficient (Wildman–Crippen LogP) is 3.91. The summed E-state index contributed by atoms with van der Waals surface area (Å²) >= 11 is 0. The third-order valence-corrected chi connectivity index (χ3v) is 5.13. The molecule has 28 heavy (non-hydrogen) atoms. The molecule has 0 atom stereocenters. The van der Waals surface area contributed by atoms with Crippen molar-refractivity contribution in [2.75, 3.05) is 32.1 Å². The van der Waals surface area contributed by atoms with Crippen molar-refractivity contribution in [2.24, 2.45) is 0 Å². The number of benzene rings is 1. The molecule has 0 bridgehead atoms. The Balaban J connectivity index is 1.50. The van der Waals surface area contributed by atoms with Gasteiger partial charge in [-0.05, 0) is 48.9 Å². The molecule has 1 aromatic heterocycles. The van der Waals surface area contributed by atoms with Crippen molar-refractivity contribution in [2.45, 2.75) is 52.1 Å². The summed E-state index contributed by atoms with van der Waals surface area (Å²) in [5.41, 5.74) is 2.43. The summed E-state index contributed by atoms with van der Waals surface area (Å²) in [6.45, 7) is 7.98. The topological polar surface area (TPSA) is 59.5 Å². The number of nitrogens with zero attached hydrogens (tertiary/aromatic N) is 3. The van der Waals surface area contributed by atoms with Crippen molar-refractivity contribution in [1.82, 2.24) is 14.9 Å². The fraction of sp³-hybridized carbons (Fsp3) is 0.545. The second-order valence-corrected chi connectivity index (χ2v) is 7.30. The van der Waals surface area contributed by atoms with Gasteiger partial charge in [-0.1, -0.05) is 19.9 Å². The van der Waals surface area contributed by atoms with Gasteiger partial charge in [-0.25, -0.2) is 9.97 Å². The fourth-order valence-corrected chi connectivity index (χ4v) is 3.43. The summed E-state index contributed by atoms with van der Waals surface area (Å²) < 4.78 is 11.3. The Hall–Kier alpha value is -2.34. The highest BCUT2D eigenvalue weighted by atomic mass is 16.5. The summed E-state index contributed by atoms with van der Waals surface area (Å²) in [6, 6.07) is 6.68. The lowest BCUT2D eigenvalue weighted by Crippen LogP contribution is -2.39. The van der Waals surface area contributed by atoms with Gasteiger partial charge >= 0.3 is 0 Å². The molecule has 2 aromatic rings. The number of likely N-dealkylation sites (tertiary alicyclic amines) is 1. The maximum atomic E-state index is 5.84. The molecule has 1 aliphatic rings. The Bertz CT molecular complexity index is 728. The maximum absolute atomic E-state index is 5.84. The summed E-state index contributed by atoms with van der Waals surface area (Å²) in [7, 11) is 1.69. The van der Waals surface area contributed by atoms with Gasteiger partial charge in [0.05, 0.1) is 13.7 Å². The zero-order chi connectivity index (χ0) is 19.8. The molecule has 6 nitrogen and oxygen atoms in total. The highest BCUT2D eigenvalue weighted by molar-refractivity contribution is 5.43. The normalized spacial score (nSPS) is 15.4. The molecule has 1 fully saturated rings. The van der Waals surface area contributed by atoms with Crippen molar-refractivity contribution in [3.63, 3.8) is 0 Å². The van der Waals surface area contributed by atoms with Crippen LogP contribution in [-0.4, -0.2) is 47.7 Å². The highest BCUT2D eigenvalue weighted by Gasteiger charge is 2.20. The molecule has 0 aliphatic carbocycles. The lowest BCUT2D eigenvalue weighted by molar-refractivity contribution is 0.210. The van der Waals surface area contributed by atoms with Gasteiger partial charge in [-0.3, -0.25) is 4.90 Å². The van der Waals surface area contributed by atoms with Crippen LogP contribution in [0.25, 0.3) is 0 Å². The van der Waals surface area contributed by atoms with E-state index in [2.05, 4.69) is 46.2 Å². The first kappa shape index (κ1) is 20.4. The van der Waals surface area contributed by atoms with Crippen LogP contribution in [0.1, 0.15) is 44.2 Å². The van der Waals surface area contributed by atoms with Crippen molar-refractivity contribution in [3.05, 3.63) is 41.7 Å². The number of hydrogen-bond acceptors (Lipinski definition) is 6. The number of hydrogen-bond donors (Lipinski definition) is 1. The number of aromatic nitrogens is 2. The molecule has 6 heteroatoms. The number of piperidine rings is 1. The van der Waals surface area contributed by atoms with E-state index in [0.29, 0.717) is 12.6 Å². The van der Waals surface area contributed by atoms with E-state index in [1.807, 2.05) is 18.5 Å². The number of rotatable bonds is 9. The van der Waals surface area contributed by atoms with Gasteiger partial charge in [0.2, 0.25) is 5.95 Å². The van der Waals surface area contributed by atoms with Crippen LogP contribution in [0.3, 0.4) is 0 Å². The van der Waals surface area contributed by atoms with E-state index in [0.717, 1.165) is 62.8 Å². The van der Waals surface area contributed by atoms with Crippen LogP contribution >= 0.6 is 0 Å². The minimum Gasteiger partial charge on any atom is -0.493 e. The second kappa shape index (κ2) is 10.3. The molecule has 0 radical (unpaired) electrons. The molecule has 1 aromatic carbocycles. The second-order valence-electron chi connectivity index (χ2n) is 7.30. The summed E-state index contributed by atoms with van der Waals surface area (Å²) in [5, 5.41) is 3.48. The van der Waals surface area contributed by atoms with E-state index in [-0.39, 0.29) is 0 Å². The fourth-order valence-electron chi connectivity index (χ4n) is 3.43. The van der Waals surface area contributed by atoms with Crippen LogP contribution in [0, 0.1) is 0 Å². The predicted molar refractivity (Wildman–Crippen MR) is 112 cm³/mol. The lowest BCUT2D eigenvalue weighted by Gasteiger charge is -2.32. The molecule has 152 valence electrons. The van der Waals surface area contributed by atoms with Crippen LogP contribution in [-0.2, 0) is 13.0 Å². The molecule has 1 N–H and O–H groups in total. The third-order valence-electron chi connectivity index (χ3n) is 5.13. The average Bonchev–Trinajstić information content (AvgIpc) is 2.74. The summed E-state index contributed by atoms with van der Waals surface area (Å²) in [6.07, 6.45) is 7.95. The molecule has 0 saturated carbocycles. The zero-order valence-corrected chi connectivity index (χ0v) is 17.3. The van der Waals surface area contributed by atoms with E-state index < -0.39 is 0 Å².